The Bertz CT molecular complexity index is 1670. The Kier molecular flexibility index (Phi) is 6.28. The van der Waals surface area contributed by atoms with Crippen LogP contribution in [0.1, 0.15) is 21.0 Å². The highest BCUT2D eigenvalue weighted by Crippen LogP contribution is 2.33. The number of nitrogens with one attached hydrogen (secondary N) is 1. The molecule has 1 N–H and O–H groups in total. The van der Waals surface area contributed by atoms with Gasteiger partial charge >= 0.3 is 0 Å². The second-order valence-electron chi connectivity index (χ2n) is 9.07. The number of carbonyl (C=O) groups excluding carboxylic acids is 2. The van der Waals surface area contributed by atoms with E-state index in [1.165, 1.54) is 36.4 Å². The van der Waals surface area contributed by atoms with Crippen molar-refractivity contribution < 1.29 is 27.3 Å². The molecule has 39 heavy (non-hydrogen) atoms. The van der Waals surface area contributed by atoms with Crippen molar-refractivity contribution in [1.29, 1.82) is 0 Å². The van der Waals surface area contributed by atoms with Crippen LogP contribution in [0.2, 0.25) is 0 Å². The van der Waals surface area contributed by atoms with Gasteiger partial charge in [-0.2, -0.15) is 0 Å². The molecule has 1 fully saturated rings. The zero-order valence-corrected chi connectivity index (χ0v) is 20.6. The number of hydrogen-bond acceptors (Lipinski definition) is 6. The number of anilines is 2. The van der Waals surface area contributed by atoms with Crippen molar-refractivity contribution in [2.45, 2.75) is 0 Å². The molecule has 0 radical (unpaired) electrons. The van der Waals surface area contributed by atoms with Gasteiger partial charge < -0.3 is 24.1 Å². The monoisotopic (exact) mass is 528 g/mol. The lowest BCUT2D eigenvalue weighted by molar-refractivity contribution is 0.0718. The standard InChI is InChI=1S/C29H22F2N4O4/c30-19-11-9-18(10-12-19)25-17-22(33-39-25)28(36)32-26-20-5-1-4-8-24(20)38-27(26)29(37)35-15-13-34(14-16-35)23-7-3-2-6-21(23)31/h1-12,17H,13-16H2,(H,32,36). The van der Waals surface area contributed by atoms with E-state index in [0.717, 1.165) is 0 Å². The number of rotatable bonds is 5. The van der Waals surface area contributed by atoms with E-state index in [4.69, 9.17) is 8.94 Å². The zero-order chi connectivity index (χ0) is 26.9. The highest BCUT2D eigenvalue weighted by Gasteiger charge is 2.30. The van der Waals surface area contributed by atoms with E-state index >= 15 is 0 Å². The Morgan fingerprint density at radius 1 is 0.872 bits per heavy atom. The van der Waals surface area contributed by atoms with E-state index in [1.54, 1.807) is 47.4 Å². The smallest absolute Gasteiger partial charge is 0.291 e. The van der Waals surface area contributed by atoms with Crippen LogP contribution < -0.4 is 10.2 Å². The Labute approximate surface area is 221 Å². The zero-order valence-electron chi connectivity index (χ0n) is 20.6. The molecule has 1 aliphatic heterocycles. The topological polar surface area (TPSA) is 91.8 Å². The van der Waals surface area contributed by atoms with Crippen LogP contribution in [0.5, 0.6) is 0 Å². The van der Waals surface area contributed by atoms with Gasteiger partial charge in [0.15, 0.2) is 11.5 Å². The summed E-state index contributed by atoms with van der Waals surface area (Å²) in [6, 6.07) is 20.6. The predicted octanol–water partition coefficient (Wildman–Crippen LogP) is 5.58. The van der Waals surface area contributed by atoms with Crippen molar-refractivity contribution in [3.8, 4) is 11.3 Å². The van der Waals surface area contributed by atoms with Crippen molar-refractivity contribution in [1.82, 2.24) is 10.1 Å². The van der Waals surface area contributed by atoms with Gasteiger partial charge in [-0.3, -0.25) is 9.59 Å². The maximum atomic E-state index is 14.2. The van der Waals surface area contributed by atoms with Gasteiger partial charge in [-0.15, -0.1) is 0 Å². The molecule has 3 aromatic carbocycles. The number of para-hydroxylation sites is 2. The van der Waals surface area contributed by atoms with E-state index in [0.29, 0.717) is 54.2 Å². The molecular weight excluding hydrogens is 506 g/mol. The molecule has 0 saturated carbocycles. The molecule has 1 saturated heterocycles. The quantitative estimate of drug-likeness (QED) is 0.320. The number of amides is 2. The van der Waals surface area contributed by atoms with Crippen LogP contribution in [0.25, 0.3) is 22.3 Å². The molecule has 10 heteroatoms. The van der Waals surface area contributed by atoms with Crippen LogP contribution in [0.15, 0.2) is 87.8 Å². The third-order valence-electron chi connectivity index (χ3n) is 6.66. The molecule has 1 aliphatic rings. The molecule has 0 unspecified atom stereocenters. The van der Waals surface area contributed by atoms with Gasteiger partial charge in [0.2, 0.25) is 5.76 Å². The number of aromatic nitrogens is 1. The lowest BCUT2D eigenvalue weighted by Gasteiger charge is -2.35. The van der Waals surface area contributed by atoms with Gasteiger partial charge in [0.05, 0.1) is 5.69 Å². The first-order valence-corrected chi connectivity index (χ1v) is 12.3. The number of fused-ring (bicyclic) bond motifs is 1. The van der Waals surface area contributed by atoms with E-state index in [-0.39, 0.29) is 28.9 Å². The van der Waals surface area contributed by atoms with Gasteiger partial charge in [-0.05, 0) is 48.5 Å². The van der Waals surface area contributed by atoms with Gasteiger partial charge in [-0.25, -0.2) is 8.78 Å². The SMILES string of the molecule is O=C(Nc1c(C(=O)N2CCN(c3ccccc3F)CC2)oc2ccccc12)c1cc(-c2ccc(F)cc2)on1. The molecule has 0 spiro atoms. The number of piperazine rings is 1. The fourth-order valence-corrected chi connectivity index (χ4v) is 4.63. The maximum Gasteiger partial charge on any atom is 0.291 e. The summed E-state index contributed by atoms with van der Waals surface area (Å²) in [5.74, 6) is -1.41. The van der Waals surface area contributed by atoms with Crippen LogP contribution in [0, 0.1) is 11.6 Å². The first-order chi connectivity index (χ1) is 19.0. The molecule has 0 bridgehead atoms. The lowest BCUT2D eigenvalue weighted by atomic mass is 10.1. The molecule has 2 aromatic heterocycles. The van der Waals surface area contributed by atoms with E-state index in [2.05, 4.69) is 10.5 Å². The third-order valence-corrected chi connectivity index (χ3v) is 6.66. The minimum Gasteiger partial charge on any atom is -0.449 e. The van der Waals surface area contributed by atoms with Crippen molar-refractivity contribution in [3.63, 3.8) is 0 Å². The van der Waals surface area contributed by atoms with Crippen LogP contribution in [-0.4, -0.2) is 48.0 Å². The van der Waals surface area contributed by atoms with E-state index < -0.39 is 11.7 Å². The Balaban J connectivity index is 1.23. The molecule has 0 aliphatic carbocycles. The van der Waals surface area contributed by atoms with Crippen LogP contribution in [0.4, 0.5) is 20.2 Å². The van der Waals surface area contributed by atoms with E-state index in [9.17, 15) is 18.4 Å². The first kappa shape index (κ1) is 24.4. The molecule has 196 valence electrons. The minimum absolute atomic E-state index is 0.00820. The van der Waals surface area contributed by atoms with Gasteiger partial charge in [0.1, 0.15) is 22.9 Å². The highest BCUT2D eigenvalue weighted by molar-refractivity contribution is 6.14. The van der Waals surface area contributed by atoms with Gasteiger partial charge in [0.25, 0.3) is 11.8 Å². The van der Waals surface area contributed by atoms with Crippen LogP contribution in [-0.2, 0) is 0 Å². The van der Waals surface area contributed by atoms with Crippen molar-refractivity contribution in [2.24, 2.45) is 0 Å². The Morgan fingerprint density at radius 2 is 1.59 bits per heavy atom. The molecular formula is C29H22F2N4O4. The largest absolute Gasteiger partial charge is 0.449 e. The number of benzene rings is 3. The van der Waals surface area contributed by atoms with Gasteiger partial charge in [0, 0.05) is 43.2 Å². The summed E-state index contributed by atoms with van der Waals surface area (Å²) in [4.78, 5) is 30.2. The minimum atomic E-state index is -0.600. The molecule has 3 heterocycles. The summed E-state index contributed by atoms with van der Waals surface area (Å²) in [6.07, 6.45) is 0. The molecule has 8 nitrogen and oxygen atoms in total. The first-order valence-electron chi connectivity index (χ1n) is 12.3. The second kappa shape index (κ2) is 10.1. The van der Waals surface area contributed by atoms with Crippen molar-refractivity contribution in [2.75, 3.05) is 36.4 Å². The van der Waals surface area contributed by atoms with Crippen LogP contribution in [0.3, 0.4) is 0 Å². The number of furan rings is 1. The summed E-state index contributed by atoms with van der Waals surface area (Å²) in [5.41, 5.74) is 1.70. The molecule has 2 amide bonds. The van der Waals surface area contributed by atoms with Crippen molar-refractivity contribution >= 4 is 34.2 Å². The fraction of sp³-hybridized carbons (Fsp3) is 0.138. The lowest BCUT2D eigenvalue weighted by Crippen LogP contribution is -2.49. The normalized spacial score (nSPS) is 13.6. The Hall–Kier alpha value is -4.99. The van der Waals surface area contributed by atoms with Crippen molar-refractivity contribution in [3.05, 3.63) is 102 Å². The summed E-state index contributed by atoms with van der Waals surface area (Å²) >= 11 is 0. The number of nitrogens with zero attached hydrogens (tertiary/aromatic N) is 3. The maximum absolute atomic E-state index is 14.2. The van der Waals surface area contributed by atoms with Gasteiger partial charge in [-0.1, -0.05) is 29.4 Å². The van der Waals surface area contributed by atoms with E-state index in [1.807, 2.05) is 4.90 Å². The second-order valence-corrected chi connectivity index (χ2v) is 9.07. The average molecular weight is 529 g/mol. The average Bonchev–Trinajstić information content (AvgIpc) is 3.60. The predicted molar refractivity (Wildman–Crippen MR) is 141 cm³/mol. The fourth-order valence-electron chi connectivity index (χ4n) is 4.63. The number of hydrogen-bond donors (Lipinski definition) is 1. The third kappa shape index (κ3) is 4.72. The molecule has 6 rings (SSSR count). The molecule has 0 atom stereocenters. The summed E-state index contributed by atoms with van der Waals surface area (Å²) in [5, 5.41) is 7.16. The summed E-state index contributed by atoms with van der Waals surface area (Å²) < 4.78 is 38.7. The highest BCUT2D eigenvalue weighted by atomic mass is 19.1. The molecule has 5 aromatic rings. The Morgan fingerprint density at radius 3 is 2.36 bits per heavy atom. The number of carbonyl (C=O) groups is 2. The summed E-state index contributed by atoms with van der Waals surface area (Å²) in [6.45, 7) is 1.59. The summed E-state index contributed by atoms with van der Waals surface area (Å²) in [7, 11) is 0. The number of halogens is 2. The van der Waals surface area contributed by atoms with Crippen LogP contribution >= 0.6 is 0 Å².